The second-order valence-corrected chi connectivity index (χ2v) is 5.80. The van der Waals surface area contributed by atoms with Gasteiger partial charge in [0.05, 0.1) is 0 Å². The smallest absolute Gasteiger partial charge is 0.407 e. The molecule has 4 nitrogen and oxygen atoms in total. The van der Waals surface area contributed by atoms with Crippen LogP contribution >= 0.6 is 0 Å². The van der Waals surface area contributed by atoms with Crippen LogP contribution in [-0.2, 0) is 4.74 Å². The first kappa shape index (κ1) is 17.1. The molecule has 1 aromatic rings. The Hall–Kier alpha value is -1.98. The number of carbonyl (C=O) groups is 2. The van der Waals surface area contributed by atoms with Crippen LogP contribution in [0.15, 0.2) is 18.2 Å². The van der Waals surface area contributed by atoms with E-state index in [9.17, 15) is 18.4 Å². The summed E-state index contributed by atoms with van der Waals surface area (Å²) in [5, 5.41) is 2.51. The van der Waals surface area contributed by atoms with Crippen molar-refractivity contribution in [3.05, 3.63) is 35.4 Å². The van der Waals surface area contributed by atoms with Crippen molar-refractivity contribution in [1.82, 2.24) is 5.32 Å². The molecule has 6 heteroatoms. The van der Waals surface area contributed by atoms with E-state index in [4.69, 9.17) is 4.74 Å². The van der Waals surface area contributed by atoms with E-state index in [1.807, 2.05) is 0 Å². The molecule has 0 aliphatic rings. The van der Waals surface area contributed by atoms with Crippen LogP contribution in [0.2, 0.25) is 0 Å². The Kier molecular flexibility index (Phi) is 5.41. The first-order valence-corrected chi connectivity index (χ1v) is 6.56. The quantitative estimate of drug-likeness (QED) is 0.866. The molecule has 21 heavy (non-hydrogen) atoms. The van der Waals surface area contributed by atoms with E-state index in [2.05, 4.69) is 5.32 Å². The van der Waals surface area contributed by atoms with Gasteiger partial charge in [-0.1, -0.05) is 0 Å². The summed E-state index contributed by atoms with van der Waals surface area (Å²) in [5.74, 6) is -2.47. The average molecular weight is 299 g/mol. The second-order valence-electron chi connectivity index (χ2n) is 5.80. The molecule has 1 atom stereocenters. The zero-order valence-electron chi connectivity index (χ0n) is 12.5. The number of ether oxygens (including phenoxy) is 1. The van der Waals surface area contributed by atoms with Gasteiger partial charge in [-0.25, -0.2) is 13.6 Å². The first-order valence-electron chi connectivity index (χ1n) is 6.56. The molecule has 0 bridgehead atoms. The standard InChI is InChI=1S/C15H19F2NO3/c1-9(18-14(20)21-15(2,3)4)7-13(19)10-5-6-11(16)12(17)8-10/h5-6,8-9H,7H2,1-4H3,(H,18,20). The molecule has 0 aromatic heterocycles. The number of hydrogen-bond donors (Lipinski definition) is 1. The zero-order valence-corrected chi connectivity index (χ0v) is 12.5. The minimum absolute atomic E-state index is 0.0374. The van der Waals surface area contributed by atoms with E-state index in [-0.39, 0.29) is 12.0 Å². The molecule has 1 amide bonds. The summed E-state index contributed by atoms with van der Waals surface area (Å²) in [7, 11) is 0. The third-order valence-electron chi connectivity index (χ3n) is 2.50. The van der Waals surface area contributed by atoms with Gasteiger partial charge in [0.2, 0.25) is 0 Å². The van der Waals surface area contributed by atoms with Gasteiger partial charge in [0.25, 0.3) is 0 Å². The predicted molar refractivity (Wildman–Crippen MR) is 74.1 cm³/mol. The highest BCUT2D eigenvalue weighted by molar-refractivity contribution is 5.96. The maximum atomic E-state index is 13.1. The molecule has 116 valence electrons. The van der Waals surface area contributed by atoms with E-state index in [0.717, 1.165) is 12.1 Å². The molecule has 1 unspecified atom stereocenters. The average Bonchev–Trinajstić information content (AvgIpc) is 2.29. The third kappa shape index (κ3) is 5.89. The topological polar surface area (TPSA) is 55.4 Å². The molecule has 0 heterocycles. The van der Waals surface area contributed by atoms with E-state index in [1.54, 1.807) is 27.7 Å². The van der Waals surface area contributed by atoms with Crippen LogP contribution in [0.5, 0.6) is 0 Å². The van der Waals surface area contributed by atoms with Crippen LogP contribution in [0, 0.1) is 11.6 Å². The second kappa shape index (κ2) is 6.65. The van der Waals surface area contributed by atoms with Crippen LogP contribution in [0.3, 0.4) is 0 Å². The van der Waals surface area contributed by atoms with Gasteiger partial charge in [-0.15, -0.1) is 0 Å². The molecule has 0 aliphatic carbocycles. The number of Topliss-reactive ketones (excluding diaryl/α,β-unsaturated/α-hetero) is 1. The van der Waals surface area contributed by atoms with Crippen molar-refractivity contribution < 1.29 is 23.1 Å². The highest BCUT2D eigenvalue weighted by Gasteiger charge is 2.19. The SMILES string of the molecule is CC(CC(=O)c1ccc(F)c(F)c1)NC(=O)OC(C)(C)C. The highest BCUT2D eigenvalue weighted by atomic mass is 19.2. The summed E-state index contributed by atoms with van der Waals surface area (Å²) in [6.45, 7) is 6.80. The lowest BCUT2D eigenvalue weighted by Gasteiger charge is -2.21. The van der Waals surface area contributed by atoms with Crippen molar-refractivity contribution in [3.8, 4) is 0 Å². The first-order chi connectivity index (χ1) is 9.58. The molecule has 0 aliphatic heterocycles. The predicted octanol–water partition coefficient (Wildman–Crippen LogP) is 3.45. The Balaban J connectivity index is 2.58. The van der Waals surface area contributed by atoms with Gasteiger partial charge in [0.1, 0.15) is 5.60 Å². The Bertz CT molecular complexity index is 538. The lowest BCUT2D eigenvalue weighted by atomic mass is 10.0. The van der Waals surface area contributed by atoms with Crippen LogP contribution < -0.4 is 5.32 Å². The molecule has 0 spiro atoms. The largest absolute Gasteiger partial charge is 0.444 e. The van der Waals surface area contributed by atoms with Crippen molar-refractivity contribution in [2.75, 3.05) is 0 Å². The van der Waals surface area contributed by atoms with E-state index >= 15 is 0 Å². The fraction of sp³-hybridized carbons (Fsp3) is 0.467. The molecule has 0 radical (unpaired) electrons. The fourth-order valence-electron chi connectivity index (χ4n) is 1.63. The number of alkyl carbamates (subject to hydrolysis) is 1. The number of carbonyl (C=O) groups excluding carboxylic acids is 2. The van der Waals surface area contributed by atoms with Gasteiger partial charge in [-0.05, 0) is 45.9 Å². The number of benzene rings is 1. The molecule has 1 aromatic carbocycles. The minimum Gasteiger partial charge on any atom is -0.444 e. The zero-order chi connectivity index (χ0) is 16.2. The van der Waals surface area contributed by atoms with Gasteiger partial charge in [-0.3, -0.25) is 4.79 Å². The summed E-state index contributed by atoms with van der Waals surface area (Å²) in [5.41, 5.74) is -0.569. The maximum absolute atomic E-state index is 13.1. The minimum atomic E-state index is -1.08. The molecule has 0 fully saturated rings. The summed E-state index contributed by atoms with van der Waals surface area (Å²) in [4.78, 5) is 23.4. The van der Waals surface area contributed by atoms with Gasteiger partial charge >= 0.3 is 6.09 Å². The Labute approximate surface area is 122 Å². The van der Waals surface area contributed by atoms with Crippen molar-refractivity contribution in [3.63, 3.8) is 0 Å². The summed E-state index contributed by atoms with van der Waals surface area (Å²) >= 11 is 0. The Morgan fingerprint density at radius 3 is 2.38 bits per heavy atom. The lowest BCUT2D eigenvalue weighted by Crippen LogP contribution is -2.38. The third-order valence-corrected chi connectivity index (χ3v) is 2.50. The van der Waals surface area contributed by atoms with Crippen molar-refractivity contribution in [2.24, 2.45) is 0 Å². The Morgan fingerprint density at radius 1 is 1.24 bits per heavy atom. The summed E-state index contributed by atoms with van der Waals surface area (Å²) in [6.07, 6.45) is -0.669. The number of hydrogen-bond acceptors (Lipinski definition) is 3. The number of rotatable bonds is 4. The van der Waals surface area contributed by atoms with Crippen LogP contribution in [0.25, 0.3) is 0 Å². The molecule has 1 rings (SSSR count). The summed E-state index contributed by atoms with van der Waals surface area (Å²) in [6, 6.07) is 2.47. The van der Waals surface area contributed by atoms with Crippen LogP contribution in [0.4, 0.5) is 13.6 Å². The van der Waals surface area contributed by atoms with E-state index in [1.165, 1.54) is 6.07 Å². The molecule has 1 N–H and O–H groups in total. The monoisotopic (exact) mass is 299 g/mol. The van der Waals surface area contributed by atoms with Crippen molar-refractivity contribution >= 4 is 11.9 Å². The van der Waals surface area contributed by atoms with Crippen molar-refractivity contribution in [1.29, 1.82) is 0 Å². The van der Waals surface area contributed by atoms with Crippen LogP contribution in [-0.4, -0.2) is 23.5 Å². The van der Waals surface area contributed by atoms with Gasteiger partial charge in [0.15, 0.2) is 17.4 Å². The number of amides is 1. The van der Waals surface area contributed by atoms with Gasteiger partial charge < -0.3 is 10.1 Å². The maximum Gasteiger partial charge on any atom is 0.407 e. The summed E-state index contributed by atoms with van der Waals surface area (Å²) < 4.78 is 30.9. The highest BCUT2D eigenvalue weighted by Crippen LogP contribution is 2.12. The van der Waals surface area contributed by atoms with Gasteiger partial charge in [0, 0.05) is 18.0 Å². The Morgan fingerprint density at radius 2 is 1.86 bits per heavy atom. The van der Waals surface area contributed by atoms with Crippen molar-refractivity contribution in [2.45, 2.75) is 45.8 Å². The number of halogens is 2. The normalized spacial score (nSPS) is 12.7. The fourth-order valence-corrected chi connectivity index (χ4v) is 1.63. The molecule has 0 saturated heterocycles. The van der Waals surface area contributed by atoms with E-state index in [0.29, 0.717) is 0 Å². The van der Waals surface area contributed by atoms with Gasteiger partial charge in [-0.2, -0.15) is 0 Å². The molecule has 0 saturated carbocycles. The lowest BCUT2D eigenvalue weighted by molar-refractivity contribution is 0.0506. The molecular weight excluding hydrogens is 280 g/mol. The van der Waals surface area contributed by atoms with E-state index < -0.39 is 35.2 Å². The molecular formula is C15H19F2NO3. The number of ketones is 1. The number of nitrogens with one attached hydrogen (secondary N) is 1. The van der Waals surface area contributed by atoms with Crippen LogP contribution in [0.1, 0.15) is 44.5 Å².